The Balaban J connectivity index is 2.13. The Hall–Kier alpha value is -2.06. The Morgan fingerprint density at radius 3 is 2.52 bits per heavy atom. The second-order valence-electron chi connectivity index (χ2n) is 4.00. The van der Waals surface area contributed by atoms with E-state index < -0.39 is 17.9 Å². The molecule has 1 aromatic carbocycles. The lowest BCUT2D eigenvalue weighted by molar-refractivity contribution is 0.262. The molecular formula is C13H10BrF2N3O2. The van der Waals surface area contributed by atoms with E-state index in [0.29, 0.717) is 15.7 Å². The van der Waals surface area contributed by atoms with Gasteiger partial charge in [-0.15, -0.1) is 0 Å². The summed E-state index contributed by atoms with van der Waals surface area (Å²) in [7, 11) is 0. The maximum absolute atomic E-state index is 12.9. The van der Waals surface area contributed by atoms with E-state index in [1.807, 2.05) is 0 Å². The number of amides is 2. The standard InChI is InChI=1S/C13H10BrF2N3O2/c14-9-2-1-3-10(8(9)6-20)18-13(21)17-7-4-11(15)19-12(16)5-7/h1-5,20H,6H2,(H2,17,18,19,21). The third kappa shape index (κ3) is 3.96. The van der Waals surface area contributed by atoms with Crippen LogP contribution in [0, 0.1) is 11.9 Å². The summed E-state index contributed by atoms with van der Waals surface area (Å²) < 4.78 is 26.5. The molecule has 2 aromatic rings. The minimum atomic E-state index is -1.04. The highest BCUT2D eigenvalue weighted by atomic mass is 79.9. The van der Waals surface area contributed by atoms with Crippen molar-refractivity contribution in [3.63, 3.8) is 0 Å². The van der Waals surface area contributed by atoms with Gasteiger partial charge < -0.3 is 15.7 Å². The summed E-state index contributed by atoms with van der Waals surface area (Å²) in [5.74, 6) is -2.08. The molecule has 3 N–H and O–H groups in total. The van der Waals surface area contributed by atoms with Gasteiger partial charge in [-0.3, -0.25) is 0 Å². The third-order valence-electron chi connectivity index (χ3n) is 2.55. The van der Waals surface area contributed by atoms with Crippen molar-refractivity contribution < 1.29 is 18.7 Å². The van der Waals surface area contributed by atoms with Crippen molar-refractivity contribution in [1.29, 1.82) is 0 Å². The van der Waals surface area contributed by atoms with Gasteiger partial charge in [0, 0.05) is 27.9 Å². The van der Waals surface area contributed by atoms with E-state index in [0.717, 1.165) is 12.1 Å². The molecule has 0 atom stereocenters. The van der Waals surface area contributed by atoms with E-state index in [2.05, 4.69) is 31.5 Å². The predicted octanol–water partition coefficient (Wildman–Crippen LogP) is 3.26. The van der Waals surface area contributed by atoms with Gasteiger partial charge in [-0.1, -0.05) is 22.0 Å². The van der Waals surface area contributed by atoms with Gasteiger partial charge in [-0.05, 0) is 12.1 Å². The van der Waals surface area contributed by atoms with Crippen LogP contribution in [-0.2, 0) is 6.61 Å². The van der Waals surface area contributed by atoms with Gasteiger partial charge >= 0.3 is 6.03 Å². The number of aliphatic hydroxyl groups is 1. The normalized spacial score (nSPS) is 10.3. The molecule has 0 aliphatic carbocycles. The van der Waals surface area contributed by atoms with Crippen molar-refractivity contribution in [2.24, 2.45) is 0 Å². The number of aromatic nitrogens is 1. The van der Waals surface area contributed by atoms with Gasteiger partial charge in [0.25, 0.3) is 0 Å². The Morgan fingerprint density at radius 2 is 1.90 bits per heavy atom. The lowest BCUT2D eigenvalue weighted by Gasteiger charge is -2.12. The van der Waals surface area contributed by atoms with E-state index in [-0.39, 0.29) is 12.3 Å². The van der Waals surface area contributed by atoms with Crippen molar-refractivity contribution in [2.75, 3.05) is 10.6 Å². The quantitative estimate of drug-likeness (QED) is 0.738. The van der Waals surface area contributed by atoms with Crippen molar-refractivity contribution in [2.45, 2.75) is 6.61 Å². The second-order valence-corrected chi connectivity index (χ2v) is 4.86. The summed E-state index contributed by atoms with van der Waals surface area (Å²) in [5, 5.41) is 14.0. The van der Waals surface area contributed by atoms with Crippen molar-refractivity contribution in [3.8, 4) is 0 Å². The second kappa shape index (κ2) is 6.59. The molecule has 0 unspecified atom stereocenters. The van der Waals surface area contributed by atoms with E-state index >= 15 is 0 Å². The lowest BCUT2D eigenvalue weighted by Crippen LogP contribution is -2.20. The van der Waals surface area contributed by atoms with Crippen LogP contribution in [0.3, 0.4) is 0 Å². The largest absolute Gasteiger partial charge is 0.392 e. The molecule has 110 valence electrons. The van der Waals surface area contributed by atoms with E-state index in [9.17, 15) is 18.7 Å². The van der Waals surface area contributed by atoms with Crippen LogP contribution >= 0.6 is 15.9 Å². The van der Waals surface area contributed by atoms with Crippen molar-refractivity contribution in [1.82, 2.24) is 4.98 Å². The zero-order chi connectivity index (χ0) is 15.4. The zero-order valence-corrected chi connectivity index (χ0v) is 12.1. The number of anilines is 2. The van der Waals surface area contributed by atoms with Crippen molar-refractivity contribution in [3.05, 3.63) is 52.3 Å². The van der Waals surface area contributed by atoms with Crippen LogP contribution in [0.15, 0.2) is 34.8 Å². The molecule has 2 rings (SSSR count). The van der Waals surface area contributed by atoms with Gasteiger partial charge in [-0.25, -0.2) is 4.79 Å². The van der Waals surface area contributed by atoms with Crippen LogP contribution in [0.4, 0.5) is 25.0 Å². The summed E-state index contributed by atoms with van der Waals surface area (Å²) in [6, 6.07) is 6.04. The van der Waals surface area contributed by atoms with Gasteiger partial charge in [0.2, 0.25) is 11.9 Å². The summed E-state index contributed by atoms with van der Waals surface area (Å²) in [6.45, 7) is -0.282. The average Bonchev–Trinajstić information content (AvgIpc) is 2.37. The number of carbonyl (C=O) groups excluding carboxylic acids is 1. The van der Waals surface area contributed by atoms with Crippen LogP contribution in [0.2, 0.25) is 0 Å². The van der Waals surface area contributed by atoms with Crippen LogP contribution in [0.25, 0.3) is 0 Å². The van der Waals surface area contributed by atoms with Crippen LogP contribution in [0.1, 0.15) is 5.56 Å². The first-order chi connectivity index (χ1) is 9.99. The molecule has 0 saturated heterocycles. The number of aliphatic hydroxyl groups excluding tert-OH is 1. The van der Waals surface area contributed by atoms with Gasteiger partial charge in [0.15, 0.2) is 0 Å². The predicted molar refractivity (Wildman–Crippen MR) is 76.9 cm³/mol. The Labute approximate surface area is 127 Å². The number of carbonyl (C=O) groups is 1. The molecule has 1 aromatic heterocycles. The minimum absolute atomic E-state index is 0.0713. The fourth-order valence-corrected chi connectivity index (χ4v) is 2.15. The van der Waals surface area contributed by atoms with Gasteiger partial charge in [0.05, 0.1) is 12.3 Å². The molecule has 0 fully saturated rings. The SMILES string of the molecule is O=C(Nc1cc(F)nc(F)c1)Nc1cccc(Br)c1CO. The number of halogens is 3. The molecule has 21 heavy (non-hydrogen) atoms. The number of nitrogens with zero attached hydrogens (tertiary/aromatic N) is 1. The molecule has 0 saturated carbocycles. The molecule has 0 radical (unpaired) electrons. The minimum Gasteiger partial charge on any atom is -0.392 e. The highest BCUT2D eigenvalue weighted by Gasteiger charge is 2.10. The molecule has 5 nitrogen and oxygen atoms in total. The number of urea groups is 1. The number of benzene rings is 1. The van der Waals surface area contributed by atoms with Crippen molar-refractivity contribution >= 4 is 33.3 Å². The fraction of sp³-hybridized carbons (Fsp3) is 0.0769. The Kier molecular flexibility index (Phi) is 4.81. The number of pyridine rings is 1. The summed E-state index contributed by atoms with van der Waals surface area (Å²) in [4.78, 5) is 14.7. The third-order valence-corrected chi connectivity index (χ3v) is 3.29. The van der Waals surface area contributed by atoms with E-state index in [1.54, 1.807) is 18.2 Å². The van der Waals surface area contributed by atoms with Crippen LogP contribution < -0.4 is 10.6 Å². The van der Waals surface area contributed by atoms with E-state index in [1.165, 1.54) is 0 Å². The first kappa shape index (κ1) is 15.3. The molecule has 0 aliphatic heterocycles. The molecule has 0 aliphatic rings. The maximum atomic E-state index is 12.9. The number of hydrogen-bond acceptors (Lipinski definition) is 3. The summed E-state index contributed by atoms with van der Waals surface area (Å²) in [6.07, 6.45) is 0. The molecule has 1 heterocycles. The summed E-state index contributed by atoms with van der Waals surface area (Å²) in [5.41, 5.74) is 0.789. The Bertz CT molecular complexity index is 662. The van der Waals surface area contributed by atoms with Crippen LogP contribution in [-0.4, -0.2) is 16.1 Å². The van der Waals surface area contributed by atoms with Gasteiger partial charge in [0.1, 0.15) is 0 Å². The Morgan fingerprint density at radius 1 is 1.24 bits per heavy atom. The molecular weight excluding hydrogens is 348 g/mol. The topological polar surface area (TPSA) is 74.2 Å². The highest BCUT2D eigenvalue weighted by molar-refractivity contribution is 9.10. The zero-order valence-electron chi connectivity index (χ0n) is 10.5. The smallest absolute Gasteiger partial charge is 0.323 e. The first-order valence-corrected chi connectivity index (χ1v) is 6.58. The number of nitrogens with one attached hydrogen (secondary N) is 2. The number of rotatable bonds is 3. The average molecular weight is 358 g/mol. The molecule has 0 bridgehead atoms. The fourth-order valence-electron chi connectivity index (χ4n) is 1.66. The van der Waals surface area contributed by atoms with Gasteiger partial charge in [-0.2, -0.15) is 13.8 Å². The summed E-state index contributed by atoms with van der Waals surface area (Å²) >= 11 is 3.24. The highest BCUT2D eigenvalue weighted by Crippen LogP contribution is 2.25. The number of hydrogen-bond donors (Lipinski definition) is 3. The molecule has 0 spiro atoms. The molecule has 8 heteroatoms. The maximum Gasteiger partial charge on any atom is 0.323 e. The lowest BCUT2D eigenvalue weighted by atomic mass is 10.2. The molecule has 2 amide bonds. The first-order valence-electron chi connectivity index (χ1n) is 5.79. The van der Waals surface area contributed by atoms with E-state index in [4.69, 9.17) is 0 Å². The van der Waals surface area contributed by atoms with Crippen LogP contribution in [0.5, 0.6) is 0 Å². The monoisotopic (exact) mass is 357 g/mol.